The Balaban J connectivity index is 1.58. The summed E-state index contributed by atoms with van der Waals surface area (Å²) in [4.78, 5) is 37.1. The zero-order chi connectivity index (χ0) is 20.1. The average Bonchev–Trinajstić information content (AvgIpc) is 2.86. The molecular weight excluding hydrogens is 383 g/mol. The largest absolute Gasteiger partial charge is 0.449 e. The molecule has 0 unspecified atom stereocenters. The molecule has 2 aromatic rings. The molecule has 3 rings (SSSR count). The van der Waals surface area contributed by atoms with Gasteiger partial charge in [-0.05, 0) is 42.8 Å². The Kier molecular flexibility index (Phi) is 6.30. The lowest BCUT2D eigenvalue weighted by atomic mass is 10.2. The van der Waals surface area contributed by atoms with Crippen molar-refractivity contribution in [3.05, 3.63) is 59.4 Å². The molecule has 0 fully saturated rings. The smallest absolute Gasteiger partial charge is 0.338 e. The zero-order valence-electron chi connectivity index (χ0n) is 15.2. The lowest BCUT2D eigenvalue weighted by Gasteiger charge is -2.14. The summed E-state index contributed by atoms with van der Waals surface area (Å²) in [5, 5.41) is 5.40. The van der Waals surface area contributed by atoms with Crippen LogP contribution in [0.2, 0.25) is 0 Å². The van der Waals surface area contributed by atoms with Crippen LogP contribution in [0.1, 0.15) is 29.3 Å². The van der Waals surface area contributed by atoms with Crippen LogP contribution in [0.3, 0.4) is 0 Å². The first-order valence-corrected chi connectivity index (χ1v) is 9.71. The van der Waals surface area contributed by atoms with E-state index < -0.39 is 18.0 Å². The molecule has 146 valence electrons. The predicted octanol–water partition coefficient (Wildman–Crippen LogP) is 3.12. The number of amides is 2. The van der Waals surface area contributed by atoms with Gasteiger partial charge in [0.2, 0.25) is 5.91 Å². The van der Waals surface area contributed by atoms with E-state index in [9.17, 15) is 18.8 Å². The van der Waals surface area contributed by atoms with Gasteiger partial charge in [-0.1, -0.05) is 12.1 Å². The molecule has 0 spiro atoms. The Morgan fingerprint density at radius 1 is 1.25 bits per heavy atom. The highest BCUT2D eigenvalue weighted by atomic mass is 32.2. The van der Waals surface area contributed by atoms with Crippen LogP contribution >= 0.6 is 11.8 Å². The lowest BCUT2D eigenvalue weighted by molar-refractivity contribution is -0.129. The number of hydrogen-bond acceptors (Lipinski definition) is 5. The highest BCUT2D eigenvalue weighted by Crippen LogP contribution is 2.31. The van der Waals surface area contributed by atoms with Crippen molar-refractivity contribution >= 4 is 35.2 Å². The van der Waals surface area contributed by atoms with Crippen LogP contribution in [-0.2, 0) is 20.9 Å². The Hall–Kier alpha value is -2.87. The lowest BCUT2D eigenvalue weighted by Crippen LogP contribution is -2.35. The molecule has 0 bridgehead atoms. The van der Waals surface area contributed by atoms with Crippen LogP contribution in [-0.4, -0.2) is 29.6 Å². The Morgan fingerprint density at radius 3 is 2.75 bits per heavy atom. The number of hydrogen-bond donors (Lipinski definition) is 2. The number of benzene rings is 2. The van der Waals surface area contributed by atoms with Crippen LogP contribution < -0.4 is 10.6 Å². The van der Waals surface area contributed by atoms with Gasteiger partial charge in [-0.25, -0.2) is 9.18 Å². The molecule has 28 heavy (non-hydrogen) atoms. The minimum Gasteiger partial charge on any atom is -0.449 e. The van der Waals surface area contributed by atoms with Crippen molar-refractivity contribution in [3.63, 3.8) is 0 Å². The second kappa shape index (κ2) is 8.88. The van der Waals surface area contributed by atoms with Gasteiger partial charge in [0.15, 0.2) is 6.10 Å². The molecule has 0 saturated carbocycles. The fraction of sp³-hybridized carbons (Fsp3) is 0.250. The molecule has 2 aromatic carbocycles. The molecule has 1 aliphatic heterocycles. The molecule has 8 heteroatoms. The van der Waals surface area contributed by atoms with Gasteiger partial charge in [-0.3, -0.25) is 9.59 Å². The van der Waals surface area contributed by atoms with Gasteiger partial charge in [0.05, 0.1) is 11.3 Å². The number of halogens is 1. The number of thioether (sulfide) groups is 1. The Morgan fingerprint density at radius 2 is 2.00 bits per heavy atom. The molecule has 1 atom stereocenters. The van der Waals surface area contributed by atoms with Crippen LogP contribution in [0.25, 0.3) is 0 Å². The third-order valence-corrected chi connectivity index (χ3v) is 5.18. The highest BCUT2D eigenvalue weighted by molar-refractivity contribution is 7.99. The van der Waals surface area contributed by atoms with E-state index in [-0.39, 0.29) is 23.8 Å². The van der Waals surface area contributed by atoms with Crippen molar-refractivity contribution in [2.75, 3.05) is 11.1 Å². The average molecular weight is 402 g/mol. The van der Waals surface area contributed by atoms with Crippen molar-refractivity contribution in [1.29, 1.82) is 0 Å². The molecule has 1 aliphatic rings. The minimum atomic E-state index is -1.00. The topological polar surface area (TPSA) is 84.5 Å². The van der Waals surface area contributed by atoms with Crippen LogP contribution in [0.4, 0.5) is 10.1 Å². The van der Waals surface area contributed by atoms with E-state index in [0.717, 1.165) is 10.5 Å². The molecule has 6 nitrogen and oxygen atoms in total. The SMILES string of the molecule is C[C@H](OC(=O)c1ccc2c(c1)NC(=O)CCS2)C(=O)NCc1ccc(F)cc1. The third kappa shape index (κ3) is 5.10. The number of nitrogens with one attached hydrogen (secondary N) is 2. The first-order chi connectivity index (χ1) is 13.4. The summed E-state index contributed by atoms with van der Waals surface area (Å²) in [6.45, 7) is 1.67. The van der Waals surface area contributed by atoms with Gasteiger partial charge in [-0.2, -0.15) is 0 Å². The van der Waals surface area contributed by atoms with E-state index in [0.29, 0.717) is 17.9 Å². The number of rotatable bonds is 5. The van der Waals surface area contributed by atoms with Gasteiger partial charge in [0, 0.05) is 23.6 Å². The highest BCUT2D eigenvalue weighted by Gasteiger charge is 2.21. The number of carbonyl (C=O) groups excluding carboxylic acids is 3. The molecule has 0 aliphatic carbocycles. The minimum absolute atomic E-state index is 0.106. The summed E-state index contributed by atoms with van der Waals surface area (Å²) in [6.07, 6.45) is -0.597. The maximum Gasteiger partial charge on any atom is 0.338 e. The summed E-state index contributed by atoms with van der Waals surface area (Å²) in [5.74, 6) is -0.904. The molecule has 0 radical (unpaired) electrons. The fourth-order valence-electron chi connectivity index (χ4n) is 2.56. The van der Waals surface area contributed by atoms with Crippen molar-refractivity contribution < 1.29 is 23.5 Å². The summed E-state index contributed by atoms with van der Waals surface area (Å²) >= 11 is 1.53. The second-order valence-corrected chi connectivity index (χ2v) is 7.39. The van der Waals surface area contributed by atoms with E-state index in [2.05, 4.69) is 10.6 Å². The van der Waals surface area contributed by atoms with Crippen LogP contribution in [0.5, 0.6) is 0 Å². The molecule has 1 heterocycles. The first kappa shape index (κ1) is 19.9. The van der Waals surface area contributed by atoms with Gasteiger partial charge >= 0.3 is 5.97 Å². The molecule has 0 aromatic heterocycles. The quantitative estimate of drug-likeness (QED) is 0.751. The number of ether oxygens (including phenoxy) is 1. The number of anilines is 1. The maximum atomic E-state index is 12.9. The normalized spacial score (nSPS) is 14.3. The van der Waals surface area contributed by atoms with Crippen molar-refractivity contribution in [1.82, 2.24) is 5.32 Å². The Labute approximate surface area is 165 Å². The number of fused-ring (bicyclic) bond motifs is 1. The number of esters is 1. The van der Waals surface area contributed by atoms with E-state index in [4.69, 9.17) is 4.74 Å². The van der Waals surface area contributed by atoms with Crippen molar-refractivity contribution in [3.8, 4) is 0 Å². The standard InChI is InChI=1S/C20H19FN2O4S/c1-12(19(25)22-11-13-2-5-15(21)6-3-13)27-20(26)14-4-7-17-16(10-14)23-18(24)8-9-28-17/h2-7,10,12H,8-9,11H2,1H3,(H,22,25)(H,23,24)/t12-/m0/s1. The summed E-state index contributed by atoms with van der Waals surface area (Å²) in [6, 6.07) is 10.6. The van der Waals surface area contributed by atoms with E-state index in [1.54, 1.807) is 30.3 Å². The molecule has 0 saturated heterocycles. The maximum absolute atomic E-state index is 12.9. The summed E-state index contributed by atoms with van der Waals surface area (Å²) < 4.78 is 18.1. The monoisotopic (exact) mass is 402 g/mol. The fourth-order valence-corrected chi connectivity index (χ4v) is 3.50. The van der Waals surface area contributed by atoms with E-state index in [1.807, 2.05) is 0 Å². The molecular formula is C20H19FN2O4S. The van der Waals surface area contributed by atoms with Gasteiger partial charge in [0.25, 0.3) is 5.91 Å². The van der Waals surface area contributed by atoms with Crippen LogP contribution in [0.15, 0.2) is 47.4 Å². The number of carbonyl (C=O) groups is 3. The van der Waals surface area contributed by atoms with Crippen LogP contribution in [0, 0.1) is 5.82 Å². The molecule has 2 N–H and O–H groups in total. The molecule has 2 amide bonds. The predicted molar refractivity (Wildman–Crippen MR) is 104 cm³/mol. The summed E-state index contributed by atoms with van der Waals surface area (Å²) in [7, 11) is 0. The third-order valence-electron chi connectivity index (χ3n) is 4.11. The van der Waals surface area contributed by atoms with Crippen molar-refractivity contribution in [2.24, 2.45) is 0 Å². The first-order valence-electron chi connectivity index (χ1n) is 8.72. The van der Waals surface area contributed by atoms with Crippen molar-refractivity contribution in [2.45, 2.75) is 30.9 Å². The Bertz CT molecular complexity index is 902. The zero-order valence-corrected chi connectivity index (χ0v) is 16.0. The van der Waals surface area contributed by atoms with Gasteiger partial charge in [-0.15, -0.1) is 11.8 Å². The van der Waals surface area contributed by atoms with E-state index in [1.165, 1.54) is 30.8 Å². The van der Waals surface area contributed by atoms with E-state index >= 15 is 0 Å². The van der Waals surface area contributed by atoms with Gasteiger partial charge < -0.3 is 15.4 Å². The second-order valence-electron chi connectivity index (χ2n) is 6.25. The van der Waals surface area contributed by atoms with Gasteiger partial charge in [0.1, 0.15) is 5.82 Å². The summed E-state index contributed by atoms with van der Waals surface area (Å²) in [5.41, 5.74) is 1.54.